The van der Waals surface area contributed by atoms with Crippen LogP contribution in [0.3, 0.4) is 0 Å². The lowest BCUT2D eigenvalue weighted by atomic mass is 10.4. The van der Waals surface area contributed by atoms with Gasteiger partial charge in [-0.25, -0.2) is 0 Å². The van der Waals surface area contributed by atoms with E-state index in [-0.39, 0.29) is 11.1 Å². The zero-order valence-corrected chi connectivity index (χ0v) is 15.0. The Bertz CT molecular complexity index is 245. The molecule has 0 amide bonds. The Labute approximate surface area is 135 Å². The van der Waals surface area contributed by atoms with Crippen LogP contribution in [0.1, 0.15) is 41.5 Å². The Hall–Kier alpha value is -1.66. The van der Waals surface area contributed by atoms with Crippen molar-refractivity contribution in [1.29, 1.82) is 0 Å². The topological polar surface area (TPSA) is 113 Å². The van der Waals surface area contributed by atoms with Crippen molar-refractivity contribution < 1.29 is 30.4 Å². The van der Waals surface area contributed by atoms with E-state index in [9.17, 15) is 19.8 Å². The third-order valence-corrected chi connectivity index (χ3v) is 1.85. The van der Waals surface area contributed by atoms with E-state index >= 15 is 0 Å². The number of aliphatic carboxylic acids is 2. The van der Waals surface area contributed by atoms with Crippen LogP contribution in [0.15, 0.2) is 24.3 Å². The zero-order valence-electron chi connectivity index (χ0n) is 15.0. The lowest BCUT2D eigenvalue weighted by Crippen LogP contribution is -2.82. The molecule has 0 unspecified atom stereocenters. The van der Waals surface area contributed by atoms with E-state index in [0.717, 1.165) is 0 Å². The lowest BCUT2D eigenvalue weighted by Gasteiger charge is -1.93. The first-order valence-corrected chi connectivity index (χ1v) is 7.49. The largest absolute Gasteiger partial charge is 0.545 e. The summed E-state index contributed by atoms with van der Waals surface area (Å²) in [5.41, 5.74) is 0.130. The molecule has 0 heterocycles. The van der Waals surface area contributed by atoms with Gasteiger partial charge in [0.15, 0.2) is 0 Å². The standard InChI is InChI=1S/2C4H11N.2C4H6O2/c2*1-3-5-4-2;2*1-3(2)4(5)6/h2*5H,3-4H2,1-2H3;2*1H2,2H3,(H,5,6). The average molecular weight is 318 g/mol. The van der Waals surface area contributed by atoms with Gasteiger partial charge >= 0.3 is 0 Å². The summed E-state index contributed by atoms with van der Waals surface area (Å²) in [6.45, 7) is 22.5. The second-order valence-electron chi connectivity index (χ2n) is 4.35. The quantitative estimate of drug-likeness (QED) is 0.541. The highest BCUT2D eigenvalue weighted by atomic mass is 16.4. The van der Waals surface area contributed by atoms with Crippen molar-refractivity contribution in [2.24, 2.45) is 0 Å². The normalized spacial score (nSPS) is 7.91. The highest BCUT2D eigenvalue weighted by Crippen LogP contribution is 1.77. The van der Waals surface area contributed by atoms with Crippen LogP contribution in [0.4, 0.5) is 0 Å². The molecule has 0 aromatic carbocycles. The molecule has 0 saturated carbocycles. The fourth-order valence-corrected chi connectivity index (χ4v) is 0.577. The predicted octanol–water partition coefficient (Wildman–Crippen LogP) is -2.20. The average Bonchev–Trinajstić information content (AvgIpc) is 2.42. The molecule has 22 heavy (non-hydrogen) atoms. The van der Waals surface area contributed by atoms with Gasteiger partial charge in [0, 0.05) is 0 Å². The van der Waals surface area contributed by atoms with Crippen LogP contribution in [0, 0.1) is 0 Å². The van der Waals surface area contributed by atoms with Crippen LogP contribution in [0.2, 0.25) is 0 Å². The minimum Gasteiger partial charge on any atom is -0.545 e. The van der Waals surface area contributed by atoms with Crippen LogP contribution < -0.4 is 20.8 Å². The Morgan fingerprint density at radius 2 is 0.864 bits per heavy atom. The minimum absolute atomic E-state index is 0.0648. The van der Waals surface area contributed by atoms with Crippen molar-refractivity contribution in [3.63, 3.8) is 0 Å². The van der Waals surface area contributed by atoms with Gasteiger partial charge in [-0.15, -0.1) is 0 Å². The lowest BCUT2D eigenvalue weighted by molar-refractivity contribution is -0.648. The zero-order chi connectivity index (χ0) is 18.6. The molecule has 0 aromatic heterocycles. The van der Waals surface area contributed by atoms with E-state index in [0.29, 0.717) is 0 Å². The van der Waals surface area contributed by atoms with Gasteiger partial charge in [-0.3, -0.25) is 0 Å². The molecular weight excluding hydrogens is 284 g/mol. The van der Waals surface area contributed by atoms with E-state index in [2.05, 4.69) is 51.5 Å². The van der Waals surface area contributed by atoms with Crippen LogP contribution in [0.25, 0.3) is 0 Å². The van der Waals surface area contributed by atoms with Crippen molar-refractivity contribution in [2.75, 3.05) is 26.2 Å². The first-order chi connectivity index (χ1) is 10.1. The molecule has 0 saturated heterocycles. The number of carboxylic acids is 2. The molecule has 0 rings (SSSR count). The summed E-state index contributed by atoms with van der Waals surface area (Å²) in [7, 11) is 0. The third kappa shape index (κ3) is 51.6. The van der Waals surface area contributed by atoms with Gasteiger partial charge in [-0.2, -0.15) is 0 Å². The highest BCUT2D eigenvalue weighted by molar-refractivity contribution is 5.83. The number of carboxylic acid groups (broad SMARTS) is 2. The molecule has 132 valence electrons. The number of carbonyl (C=O) groups excluding carboxylic acids is 2. The van der Waals surface area contributed by atoms with Crippen molar-refractivity contribution in [2.45, 2.75) is 41.5 Å². The molecule has 6 heteroatoms. The summed E-state index contributed by atoms with van der Waals surface area (Å²) in [5, 5.41) is 23.5. The summed E-state index contributed by atoms with van der Waals surface area (Å²) in [5.74, 6) is -2.37. The van der Waals surface area contributed by atoms with E-state index in [1.807, 2.05) is 0 Å². The second-order valence-corrected chi connectivity index (χ2v) is 4.35. The van der Waals surface area contributed by atoms with E-state index in [1.54, 1.807) is 0 Å². The maximum absolute atomic E-state index is 9.49. The van der Waals surface area contributed by atoms with Gasteiger partial charge in [0.05, 0.1) is 38.1 Å². The first kappa shape index (κ1) is 28.5. The molecule has 0 atom stereocenters. The van der Waals surface area contributed by atoms with Crippen LogP contribution in [-0.2, 0) is 9.59 Å². The highest BCUT2D eigenvalue weighted by Gasteiger charge is 1.76. The molecule has 0 radical (unpaired) electrons. The van der Waals surface area contributed by atoms with Gasteiger partial charge in [-0.1, -0.05) is 13.2 Å². The number of rotatable bonds is 6. The number of nitrogens with two attached hydrogens (primary N) is 2. The summed E-state index contributed by atoms with van der Waals surface area (Å²) < 4.78 is 0. The van der Waals surface area contributed by atoms with Gasteiger partial charge in [-0.05, 0) is 52.7 Å². The minimum atomic E-state index is -1.19. The molecule has 0 spiro atoms. The SMILES string of the molecule is C=C(C)C(=O)[O-].C=C(C)C(=O)[O-].CC[NH2+]CC.CC[NH2+]CC. The maximum atomic E-state index is 9.49. The molecule has 0 aliphatic heterocycles. The smallest absolute Gasteiger partial charge is 0.0726 e. The molecule has 0 bridgehead atoms. The Kier molecular flexibility index (Phi) is 31.6. The fourth-order valence-electron chi connectivity index (χ4n) is 0.577. The summed E-state index contributed by atoms with van der Waals surface area (Å²) >= 11 is 0. The van der Waals surface area contributed by atoms with Crippen LogP contribution in [-0.4, -0.2) is 38.1 Å². The summed E-state index contributed by atoms with van der Waals surface area (Å²) in [4.78, 5) is 19.0. The number of hydrogen-bond acceptors (Lipinski definition) is 4. The van der Waals surface area contributed by atoms with Gasteiger partial charge in [0.25, 0.3) is 0 Å². The van der Waals surface area contributed by atoms with Crippen molar-refractivity contribution in [1.82, 2.24) is 0 Å². The molecule has 0 fully saturated rings. The van der Waals surface area contributed by atoms with E-state index in [4.69, 9.17) is 0 Å². The van der Waals surface area contributed by atoms with Gasteiger partial charge in [0.1, 0.15) is 0 Å². The van der Waals surface area contributed by atoms with Crippen molar-refractivity contribution in [3.05, 3.63) is 24.3 Å². The van der Waals surface area contributed by atoms with Crippen molar-refractivity contribution in [3.8, 4) is 0 Å². The Morgan fingerprint density at radius 1 is 0.727 bits per heavy atom. The molecule has 0 aromatic rings. The number of carbonyl (C=O) groups is 2. The number of quaternary nitrogens is 2. The first-order valence-electron chi connectivity index (χ1n) is 7.49. The third-order valence-electron chi connectivity index (χ3n) is 1.85. The Balaban J connectivity index is -0.0000000986. The maximum Gasteiger partial charge on any atom is 0.0726 e. The number of hydrogen-bond donors (Lipinski definition) is 2. The van der Waals surface area contributed by atoms with E-state index in [1.165, 1.54) is 40.0 Å². The van der Waals surface area contributed by atoms with Gasteiger partial charge < -0.3 is 30.4 Å². The second kappa shape index (κ2) is 24.4. The van der Waals surface area contributed by atoms with E-state index < -0.39 is 11.9 Å². The van der Waals surface area contributed by atoms with Gasteiger partial charge in [0.2, 0.25) is 0 Å². The molecule has 0 aliphatic rings. The predicted molar refractivity (Wildman–Crippen MR) is 85.7 cm³/mol. The monoisotopic (exact) mass is 318 g/mol. The summed E-state index contributed by atoms with van der Waals surface area (Å²) in [6.07, 6.45) is 0. The Morgan fingerprint density at radius 3 is 0.864 bits per heavy atom. The molecular formula is C16H34N2O4. The fraction of sp³-hybridized carbons (Fsp3) is 0.625. The van der Waals surface area contributed by atoms with Crippen molar-refractivity contribution >= 4 is 11.9 Å². The molecule has 6 nitrogen and oxygen atoms in total. The molecule has 0 aliphatic carbocycles. The molecule has 4 N–H and O–H groups in total. The van der Waals surface area contributed by atoms with Crippen LogP contribution in [0.5, 0.6) is 0 Å². The van der Waals surface area contributed by atoms with Crippen LogP contribution >= 0.6 is 0 Å². The summed E-state index contributed by atoms with van der Waals surface area (Å²) in [6, 6.07) is 0.